The molecular formula is C15H14F2N2O3. The van der Waals surface area contributed by atoms with Crippen molar-refractivity contribution in [1.29, 1.82) is 0 Å². The SMILES string of the molecule is O[C@@H](COCc1ccco1)Cn1cnc2cc(F)c(F)cc21. The monoisotopic (exact) mass is 308 g/mol. The number of aliphatic hydroxyl groups is 1. The van der Waals surface area contributed by atoms with Crippen LogP contribution in [0.1, 0.15) is 5.76 Å². The zero-order valence-electron chi connectivity index (χ0n) is 11.6. The average Bonchev–Trinajstić information content (AvgIpc) is 3.11. The average molecular weight is 308 g/mol. The third-order valence-corrected chi connectivity index (χ3v) is 3.21. The largest absolute Gasteiger partial charge is 0.467 e. The summed E-state index contributed by atoms with van der Waals surface area (Å²) in [4.78, 5) is 3.98. The van der Waals surface area contributed by atoms with Gasteiger partial charge < -0.3 is 18.8 Å². The number of hydrogen-bond acceptors (Lipinski definition) is 4. The van der Waals surface area contributed by atoms with Crippen LogP contribution in [0.15, 0.2) is 41.3 Å². The molecule has 0 saturated heterocycles. The van der Waals surface area contributed by atoms with E-state index in [9.17, 15) is 13.9 Å². The lowest BCUT2D eigenvalue weighted by Gasteiger charge is -2.12. The number of benzene rings is 1. The predicted molar refractivity (Wildman–Crippen MR) is 74.0 cm³/mol. The molecule has 2 heterocycles. The highest BCUT2D eigenvalue weighted by molar-refractivity contribution is 5.75. The van der Waals surface area contributed by atoms with Gasteiger partial charge in [0.25, 0.3) is 0 Å². The van der Waals surface area contributed by atoms with Crippen molar-refractivity contribution in [2.45, 2.75) is 19.3 Å². The van der Waals surface area contributed by atoms with E-state index in [2.05, 4.69) is 4.98 Å². The summed E-state index contributed by atoms with van der Waals surface area (Å²) < 4.78 is 38.4. The van der Waals surface area contributed by atoms with Gasteiger partial charge >= 0.3 is 0 Å². The third kappa shape index (κ3) is 3.15. The van der Waals surface area contributed by atoms with E-state index in [1.165, 1.54) is 6.33 Å². The summed E-state index contributed by atoms with van der Waals surface area (Å²) in [5.41, 5.74) is 0.756. The van der Waals surface area contributed by atoms with Gasteiger partial charge in [0, 0.05) is 12.1 Å². The molecule has 0 unspecified atom stereocenters. The lowest BCUT2D eigenvalue weighted by atomic mass is 10.3. The first kappa shape index (κ1) is 14.7. The molecule has 5 nitrogen and oxygen atoms in total. The van der Waals surface area contributed by atoms with Gasteiger partial charge in [-0.15, -0.1) is 0 Å². The molecule has 0 aliphatic carbocycles. The van der Waals surface area contributed by atoms with Crippen LogP contribution < -0.4 is 0 Å². The van der Waals surface area contributed by atoms with Crippen molar-refractivity contribution in [3.8, 4) is 0 Å². The number of ether oxygens (including phenoxy) is 1. The van der Waals surface area contributed by atoms with E-state index in [1.807, 2.05) is 0 Å². The maximum atomic E-state index is 13.3. The molecule has 0 radical (unpaired) electrons. The van der Waals surface area contributed by atoms with E-state index in [0.29, 0.717) is 16.8 Å². The van der Waals surface area contributed by atoms with Gasteiger partial charge in [0.15, 0.2) is 11.6 Å². The minimum atomic E-state index is -0.946. The number of rotatable bonds is 6. The molecule has 116 valence electrons. The van der Waals surface area contributed by atoms with E-state index in [1.54, 1.807) is 23.0 Å². The van der Waals surface area contributed by atoms with Crippen LogP contribution in [-0.2, 0) is 17.9 Å². The Kier molecular flexibility index (Phi) is 4.17. The highest BCUT2D eigenvalue weighted by atomic mass is 19.2. The van der Waals surface area contributed by atoms with Crippen LogP contribution in [0.5, 0.6) is 0 Å². The van der Waals surface area contributed by atoms with Crippen LogP contribution in [-0.4, -0.2) is 27.4 Å². The molecule has 2 aromatic heterocycles. The topological polar surface area (TPSA) is 60.4 Å². The molecule has 0 saturated carbocycles. The lowest BCUT2D eigenvalue weighted by molar-refractivity contribution is 0.0151. The molecule has 1 N–H and O–H groups in total. The number of fused-ring (bicyclic) bond motifs is 1. The van der Waals surface area contributed by atoms with Gasteiger partial charge in [0.2, 0.25) is 0 Å². The van der Waals surface area contributed by atoms with Crippen molar-refractivity contribution < 1.29 is 23.0 Å². The number of imidazole rings is 1. The fraction of sp³-hybridized carbons (Fsp3) is 0.267. The summed E-state index contributed by atoms with van der Waals surface area (Å²) >= 11 is 0. The Morgan fingerprint density at radius 3 is 2.91 bits per heavy atom. The Morgan fingerprint density at radius 2 is 2.14 bits per heavy atom. The second-order valence-corrected chi connectivity index (χ2v) is 4.90. The smallest absolute Gasteiger partial charge is 0.161 e. The normalized spacial score (nSPS) is 12.9. The van der Waals surface area contributed by atoms with Gasteiger partial charge in [-0.1, -0.05) is 0 Å². The minimum Gasteiger partial charge on any atom is -0.467 e. The van der Waals surface area contributed by atoms with Crippen molar-refractivity contribution in [2.24, 2.45) is 0 Å². The van der Waals surface area contributed by atoms with Gasteiger partial charge in [-0.2, -0.15) is 0 Å². The molecule has 0 amide bonds. The summed E-state index contributed by atoms with van der Waals surface area (Å²) in [5, 5.41) is 9.96. The van der Waals surface area contributed by atoms with Gasteiger partial charge in [-0.05, 0) is 12.1 Å². The predicted octanol–water partition coefficient (Wildman–Crippen LogP) is 2.49. The first-order valence-electron chi connectivity index (χ1n) is 6.71. The molecule has 0 spiro atoms. The standard InChI is InChI=1S/C15H14F2N2O3/c16-12-4-14-15(5-13(12)17)19(9-18-14)6-10(20)7-21-8-11-2-1-3-22-11/h1-5,9-10,20H,6-8H2/t10-/m1/s1. The molecule has 0 bridgehead atoms. The van der Waals surface area contributed by atoms with E-state index in [4.69, 9.17) is 9.15 Å². The van der Waals surface area contributed by atoms with Crippen LogP contribution in [0.4, 0.5) is 8.78 Å². The van der Waals surface area contributed by atoms with Crippen molar-refractivity contribution in [3.63, 3.8) is 0 Å². The summed E-state index contributed by atoms with van der Waals surface area (Å²) in [6.45, 7) is 0.512. The highest BCUT2D eigenvalue weighted by Crippen LogP contribution is 2.17. The third-order valence-electron chi connectivity index (χ3n) is 3.21. The minimum absolute atomic E-state index is 0.0874. The Balaban J connectivity index is 1.61. The number of aromatic nitrogens is 2. The van der Waals surface area contributed by atoms with E-state index in [0.717, 1.165) is 12.1 Å². The molecule has 0 aliphatic rings. The molecule has 7 heteroatoms. The number of nitrogens with zero attached hydrogens (tertiary/aromatic N) is 2. The molecule has 22 heavy (non-hydrogen) atoms. The van der Waals surface area contributed by atoms with E-state index >= 15 is 0 Å². The number of aliphatic hydroxyl groups excluding tert-OH is 1. The molecule has 1 atom stereocenters. The summed E-state index contributed by atoms with van der Waals surface area (Å²) in [6.07, 6.45) is 2.17. The summed E-state index contributed by atoms with van der Waals surface area (Å²) in [5.74, 6) is -1.23. The Morgan fingerprint density at radius 1 is 1.32 bits per heavy atom. The summed E-state index contributed by atoms with van der Waals surface area (Å²) in [7, 11) is 0. The fourth-order valence-corrected chi connectivity index (χ4v) is 2.17. The van der Waals surface area contributed by atoms with Gasteiger partial charge in [-0.3, -0.25) is 0 Å². The van der Waals surface area contributed by atoms with Crippen molar-refractivity contribution in [2.75, 3.05) is 6.61 Å². The van der Waals surface area contributed by atoms with E-state index < -0.39 is 17.7 Å². The zero-order valence-corrected chi connectivity index (χ0v) is 11.6. The van der Waals surface area contributed by atoms with Crippen LogP contribution in [0.25, 0.3) is 11.0 Å². The van der Waals surface area contributed by atoms with Crippen molar-refractivity contribution in [3.05, 3.63) is 54.3 Å². The quantitative estimate of drug-likeness (QED) is 0.760. The highest BCUT2D eigenvalue weighted by Gasteiger charge is 2.12. The van der Waals surface area contributed by atoms with Crippen LogP contribution in [0, 0.1) is 11.6 Å². The molecule has 0 fully saturated rings. The fourth-order valence-electron chi connectivity index (χ4n) is 2.17. The second-order valence-electron chi connectivity index (χ2n) is 4.90. The molecule has 1 aromatic carbocycles. The first-order valence-corrected chi connectivity index (χ1v) is 6.71. The number of furan rings is 1. The number of halogens is 2. The van der Waals surface area contributed by atoms with E-state index in [-0.39, 0.29) is 19.8 Å². The van der Waals surface area contributed by atoms with Gasteiger partial charge in [-0.25, -0.2) is 13.8 Å². The second kappa shape index (κ2) is 6.25. The van der Waals surface area contributed by atoms with Crippen LogP contribution in [0.2, 0.25) is 0 Å². The summed E-state index contributed by atoms with van der Waals surface area (Å²) in [6, 6.07) is 5.61. The first-order chi connectivity index (χ1) is 10.6. The van der Waals surface area contributed by atoms with Crippen LogP contribution >= 0.6 is 0 Å². The Bertz CT molecular complexity index is 756. The van der Waals surface area contributed by atoms with Crippen molar-refractivity contribution in [1.82, 2.24) is 9.55 Å². The maximum absolute atomic E-state index is 13.3. The van der Waals surface area contributed by atoms with Crippen LogP contribution in [0.3, 0.4) is 0 Å². The molecule has 3 rings (SSSR count). The van der Waals surface area contributed by atoms with Gasteiger partial charge in [0.05, 0.1) is 42.9 Å². The Labute approximate surface area is 124 Å². The zero-order chi connectivity index (χ0) is 15.5. The Hall–Kier alpha value is -2.25. The van der Waals surface area contributed by atoms with Crippen molar-refractivity contribution >= 4 is 11.0 Å². The lowest BCUT2D eigenvalue weighted by Crippen LogP contribution is -2.21. The molecular weight excluding hydrogens is 294 g/mol. The molecule has 0 aliphatic heterocycles. The number of hydrogen-bond donors (Lipinski definition) is 1. The molecule has 3 aromatic rings. The maximum Gasteiger partial charge on any atom is 0.161 e. The van der Waals surface area contributed by atoms with Gasteiger partial charge in [0.1, 0.15) is 12.4 Å².